The molecule has 2 nitrogen and oxygen atoms in total. The van der Waals surface area contributed by atoms with Gasteiger partial charge in [0.2, 0.25) is 0 Å². The molecule has 2 heteroatoms. The van der Waals surface area contributed by atoms with E-state index in [1.54, 1.807) is 0 Å². The molecule has 17 heavy (non-hydrogen) atoms. The molecule has 0 amide bonds. The summed E-state index contributed by atoms with van der Waals surface area (Å²) in [5.41, 5.74) is 7.46. The van der Waals surface area contributed by atoms with Crippen molar-refractivity contribution in [3.63, 3.8) is 0 Å². The van der Waals surface area contributed by atoms with Gasteiger partial charge >= 0.3 is 0 Å². The van der Waals surface area contributed by atoms with Crippen LogP contribution in [0.3, 0.4) is 0 Å². The summed E-state index contributed by atoms with van der Waals surface area (Å²) >= 11 is 0. The van der Waals surface area contributed by atoms with E-state index in [1.807, 2.05) is 18.2 Å². The number of hydrogen-bond acceptors (Lipinski definition) is 2. The van der Waals surface area contributed by atoms with Gasteiger partial charge in [0.05, 0.1) is 6.61 Å². The van der Waals surface area contributed by atoms with Gasteiger partial charge in [0, 0.05) is 11.6 Å². The molecule has 1 aromatic carbocycles. The van der Waals surface area contributed by atoms with Gasteiger partial charge in [-0.15, -0.1) is 0 Å². The van der Waals surface area contributed by atoms with Crippen LogP contribution in [0.5, 0.6) is 5.75 Å². The molecule has 0 saturated carbocycles. The number of nitrogens with two attached hydrogens (primary N) is 1. The van der Waals surface area contributed by atoms with Crippen LogP contribution < -0.4 is 10.5 Å². The van der Waals surface area contributed by atoms with E-state index < -0.39 is 0 Å². The average Bonchev–Trinajstić information content (AvgIpc) is 2.34. The molecule has 0 fully saturated rings. The van der Waals surface area contributed by atoms with Crippen molar-refractivity contribution in [2.24, 2.45) is 17.6 Å². The summed E-state index contributed by atoms with van der Waals surface area (Å²) in [6.07, 6.45) is 1.02. The standard InChI is InChI=1S/C15H25NO/c1-5-10-17-14-9-7-6-8-13(14)15(16)12(4)11(2)3/h6-9,11-12,15H,5,10,16H2,1-4H3. The van der Waals surface area contributed by atoms with Crippen molar-refractivity contribution in [2.75, 3.05) is 6.61 Å². The molecular weight excluding hydrogens is 210 g/mol. The fraction of sp³-hybridized carbons (Fsp3) is 0.600. The molecule has 0 aliphatic carbocycles. The third-order valence-corrected chi connectivity index (χ3v) is 3.36. The maximum absolute atomic E-state index is 6.33. The van der Waals surface area contributed by atoms with Gasteiger partial charge in [0.25, 0.3) is 0 Å². The van der Waals surface area contributed by atoms with Crippen LogP contribution in [0, 0.1) is 11.8 Å². The summed E-state index contributed by atoms with van der Waals surface area (Å²) in [6.45, 7) is 9.48. The lowest BCUT2D eigenvalue weighted by molar-refractivity contribution is 0.298. The van der Waals surface area contributed by atoms with E-state index in [-0.39, 0.29) is 6.04 Å². The van der Waals surface area contributed by atoms with Gasteiger partial charge in [-0.2, -0.15) is 0 Å². The van der Waals surface area contributed by atoms with Crippen LogP contribution in [0.4, 0.5) is 0 Å². The molecule has 2 unspecified atom stereocenters. The van der Waals surface area contributed by atoms with Crippen LogP contribution in [-0.4, -0.2) is 6.61 Å². The fourth-order valence-corrected chi connectivity index (χ4v) is 1.80. The lowest BCUT2D eigenvalue weighted by Gasteiger charge is -2.25. The predicted molar refractivity (Wildman–Crippen MR) is 73.2 cm³/mol. The van der Waals surface area contributed by atoms with Gasteiger partial charge in [-0.3, -0.25) is 0 Å². The Balaban J connectivity index is 2.88. The van der Waals surface area contributed by atoms with Crippen LogP contribution in [-0.2, 0) is 0 Å². The molecule has 0 aliphatic heterocycles. The second-order valence-corrected chi connectivity index (χ2v) is 5.02. The van der Waals surface area contributed by atoms with Crippen molar-refractivity contribution in [1.82, 2.24) is 0 Å². The zero-order valence-corrected chi connectivity index (χ0v) is 11.4. The fourth-order valence-electron chi connectivity index (χ4n) is 1.80. The molecule has 0 aliphatic rings. The topological polar surface area (TPSA) is 35.2 Å². The molecular formula is C15H25NO. The first-order valence-electron chi connectivity index (χ1n) is 6.55. The van der Waals surface area contributed by atoms with E-state index in [9.17, 15) is 0 Å². The molecule has 1 aromatic rings. The maximum atomic E-state index is 6.33. The van der Waals surface area contributed by atoms with Gasteiger partial charge in [0.15, 0.2) is 0 Å². The molecule has 0 aromatic heterocycles. The van der Waals surface area contributed by atoms with Gasteiger partial charge in [-0.05, 0) is 24.3 Å². The van der Waals surface area contributed by atoms with E-state index in [0.29, 0.717) is 11.8 Å². The summed E-state index contributed by atoms with van der Waals surface area (Å²) in [5.74, 6) is 1.96. The largest absolute Gasteiger partial charge is 0.493 e. The van der Waals surface area contributed by atoms with E-state index >= 15 is 0 Å². The highest BCUT2D eigenvalue weighted by Gasteiger charge is 2.20. The number of hydrogen-bond donors (Lipinski definition) is 1. The number of ether oxygens (including phenoxy) is 1. The minimum atomic E-state index is 0.0445. The Morgan fingerprint density at radius 1 is 1.18 bits per heavy atom. The predicted octanol–water partition coefficient (Wildman–Crippen LogP) is 3.77. The highest BCUT2D eigenvalue weighted by Crippen LogP contribution is 2.31. The SMILES string of the molecule is CCCOc1ccccc1C(N)C(C)C(C)C. The summed E-state index contributed by atoms with van der Waals surface area (Å²) in [5, 5.41) is 0. The van der Waals surface area contributed by atoms with E-state index in [2.05, 4.69) is 33.8 Å². The molecule has 0 bridgehead atoms. The summed E-state index contributed by atoms with van der Waals surface area (Å²) < 4.78 is 5.76. The first-order valence-corrected chi connectivity index (χ1v) is 6.55. The van der Waals surface area contributed by atoms with Gasteiger partial charge < -0.3 is 10.5 Å². The van der Waals surface area contributed by atoms with Crippen LogP contribution in [0.1, 0.15) is 45.7 Å². The Hall–Kier alpha value is -1.02. The number of para-hydroxylation sites is 1. The van der Waals surface area contributed by atoms with Crippen molar-refractivity contribution in [3.05, 3.63) is 29.8 Å². The van der Waals surface area contributed by atoms with Crippen molar-refractivity contribution >= 4 is 0 Å². The molecule has 0 saturated heterocycles. The van der Waals surface area contributed by atoms with Crippen molar-refractivity contribution < 1.29 is 4.74 Å². The smallest absolute Gasteiger partial charge is 0.124 e. The molecule has 2 atom stereocenters. The second-order valence-electron chi connectivity index (χ2n) is 5.02. The minimum absolute atomic E-state index is 0.0445. The summed E-state index contributed by atoms with van der Waals surface area (Å²) in [7, 11) is 0. The minimum Gasteiger partial charge on any atom is -0.493 e. The molecule has 96 valence electrons. The molecule has 2 N–H and O–H groups in total. The van der Waals surface area contributed by atoms with E-state index in [0.717, 1.165) is 24.3 Å². The Labute approximate surface area is 105 Å². The zero-order valence-electron chi connectivity index (χ0n) is 11.4. The van der Waals surface area contributed by atoms with Gasteiger partial charge in [-0.25, -0.2) is 0 Å². The van der Waals surface area contributed by atoms with E-state index in [1.165, 1.54) is 0 Å². The van der Waals surface area contributed by atoms with Gasteiger partial charge in [0.1, 0.15) is 5.75 Å². The molecule has 1 rings (SSSR count). The zero-order chi connectivity index (χ0) is 12.8. The normalized spacial score (nSPS) is 14.7. The molecule has 0 spiro atoms. The van der Waals surface area contributed by atoms with Crippen molar-refractivity contribution in [2.45, 2.75) is 40.2 Å². The van der Waals surface area contributed by atoms with Crippen LogP contribution >= 0.6 is 0 Å². The van der Waals surface area contributed by atoms with Crippen LogP contribution in [0.25, 0.3) is 0 Å². The number of benzene rings is 1. The summed E-state index contributed by atoms with van der Waals surface area (Å²) in [6, 6.07) is 8.16. The lowest BCUT2D eigenvalue weighted by Crippen LogP contribution is -2.23. The Kier molecular flexibility index (Phi) is 5.49. The van der Waals surface area contributed by atoms with Gasteiger partial charge in [-0.1, -0.05) is 45.9 Å². The first kappa shape index (κ1) is 14.0. The maximum Gasteiger partial charge on any atom is 0.124 e. The Bertz CT molecular complexity index is 335. The third kappa shape index (κ3) is 3.74. The lowest BCUT2D eigenvalue weighted by atomic mass is 9.86. The Morgan fingerprint density at radius 2 is 1.82 bits per heavy atom. The monoisotopic (exact) mass is 235 g/mol. The quantitative estimate of drug-likeness (QED) is 0.814. The highest BCUT2D eigenvalue weighted by atomic mass is 16.5. The molecule has 0 radical (unpaired) electrons. The van der Waals surface area contributed by atoms with Crippen molar-refractivity contribution in [3.8, 4) is 5.75 Å². The molecule has 0 heterocycles. The number of rotatable bonds is 6. The van der Waals surface area contributed by atoms with Crippen molar-refractivity contribution in [1.29, 1.82) is 0 Å². The van der Waals surface area contributed by atoms with E-state index in [4.69, 9.17) is 10.5 Å². The summed E-state index contributed by atoms with van der Waals surface area (Å²) in [4.78, 5) is 0. The first-order chi connectivity index (χ1) is 8.07. The highest BCUT2D eigenvalue weighted by molar-refractivity contribution is 5.36. The van der Waals surface area contributed by atoms with Crippen LogP contribution in [0.15, 0.2) is 24.3 Å². The Morgan fingerprint density at radius 3 is 2.41 bits per heavy atom. The second kappa shape index (κ2) is 6.65. The third-order valence-electron chi connectivity index (χ3n) is 3.36. The average molecular weight is 235 g/mol. The van der Waals surface area contributed by atoms with Crippen LogP contribution in [0.2, 0.25) is 0 Å².